The molecule has 0 bridgehead atoms. The van der Waals surface area contributed by atoms with Gasteiger partial charge >= 0.3 is 0 Å². The maximum atomic E-state index is 14.7. The number of sulfone groups is 1. The number of amides is 1. The Kier molecular flexibility index (Phi) is 6.77. The summed E-state index contributed by atoms with van der Waals surface area (Å²) < 4.78 is 59.8. The fourth-order valence-corrected chi connectivity index (χ4v) is 6.64. The molecular weight excluding hydrogens is 526 g/mol. The second-order valence-corrected chi connectivity index (χ2v) is 14.4. The highest BCUT2D eigenvalue weighted by molar-refractivity contribution is 7.91. The van der Waals surface area contributed by atoms with Crippen LogP contribution in [0.15, 0.2) is 28.7 Å². The number of hydrogen-bond donors (Lipinski definition) is 1. The molecule has 2 saturated carbocycles. The molecule has 2 heterocycles. The van der Waals surface area contributed by atoms with Crippen molar-refractivity contribution in [1.82, 2.24) is 10.3 Å². The summed E-state index contributed by atoms with van der Waals surface area (Å²) in [5.74, 6) is -4.43. The largest absolute Gasteiger partial charge is 0.444 e. The van der Waals surface area contributed by atoms with Gasteiger partial charge in [-0.2, -0.15) is 5.26 Å². The van der Waals surface area contributed by atoms with Crippen molar-refractivity contribution in [2.75, 3.05) is 29.5 Å². The fraction of sp³-hybridized carbons (Fsp3) is 0.607. The Hall–Kier alpha value is -3.00. The number of alkyl halides is 2. The van der Waals surface area contributed by atoms with Crippen LogP contribution in [0, 0.1) is 17.2 Å². The number of aromatic nitrogens is 1. The number of nitriles is 1. The Labute approximate surface area is 227 Å². The second kappa shape index (κ2) is 9.58. The molecule has 3 fully saturated rings. The molecule has 5 rings (SSSR count). The number of hydrogen-bond acceptors (Lipinski definition) is 7. The number of para-hydroxylation sites is 1. The first kappa shape index (κ1) is 27.6. The van der Waals surface area contributed by atoms with Crippen molar-refractivity contribution >= 4 is 21.4 Å². The summed E-state index contributed by atoms with van der Waals surface area (Å²) in [5, 5.41) is 12.2. The minimum Gasteiger partial charge on any atom is -0.444 e. The molecule has 1 saturated heterocycles. The third-order valence-corrected chi connectivity index (χ3v) is 9.57. The predicted molar refractivity (Wildman–Crippen MR) is 142 cm³/mol. The van der Waals surface area contributed by atoms with E-state index in [2.05, 4.69) is 11.4 Å². The summed E-state index contributed by atoms with van der Waals surface area (Å²) in [6, 6.07) is 9.57. The van der Waals surface area contributed by atoms with Crippen LogP contribution in [0.3, 0.4) is 0 Å². The molecule has 1 aromatic heterocycles. The fourth-order valence-electron chi connectivity index (χ4n) is 5.44. The number of carbonyl (C=O) groups is 1. The van der Waals surface area contributed by atoms with E-state index in [0.717, 1.165) is 5.69 Å². The van der Waals surface area contributed by atoms with Gasteiger partial charge in [-0.3, -0.25) is 4.79 Å². The van der Waals surface area contributed by atoms with Crippen molar-refractivity contribution in [3.8, 4) is 17.3 Å². The zero-order valence-electron chi connectivity index (χ0n) is 22.5. The summed E-state index contributed by atoms with van der Waals surface area (Å²) >= 11 is 0. The number of oxazole rings is 1. The summed E-state index contributed by atoms with van der Waals surface area (Å²) in [6.07, 6.45) is 0.0109. The van der Waals surface area contributed by atoms with Crippen molar-refractivity contribution in [2.45, 2.75) is 75.7 Å². The van der Waals surface area contributed by atoms with E-state index in [1.807, 2.05) is 49.9 Å². The average molecular weight is 561 g/mol. The van der Waals surface area contributed by atoms with Crippen LogP contribution < -0.4 is 10.2 Å². The van der Waals surface area contributed by atoms with Gasteiger partial charge in [0.2, 0.25) is 11.8 Å². The molecule has 1 aliphatic heterocycles. The van der Waals surface area contributed by atoms with E-state index >= 15 is 0 Å². The lowest BCUT2D eigenvalue weighted by Gasteiger charge is -2.35. The summed E-state index contributed by atoms with van der Waals surface area (Å²) in [6.45, 7) is 6.48. The van der Waals surface area contributed by atoms with Gasteiger partial charge in [0.05, 0.1) is 23.5 Å². The molecule has 11 heteroatoms. The van der Waals surface area contributed by atoms with Gasteiger partial charge < -0.3 is 14.6 Å². The van der Waals surface area contributed by atoms with Crippen molar-refractivity contribution < 1.29 is 26.4 Å². The van der Waals surface area contributed by atoms with Crippen LogP contribution >= 0.6 is 0 Å². The SMILES string of the molecule is CC(C)(C)c1nc(-c2ccccc2N2CCS(=O)(=O)CC2)c([C@@H]2CCC(F)(F)C[C@H]2C(=O)NC2(C#N)CC2)o1. The van der Waals surface area contributed by atoms with Crippen molar-refractivity contribution in [3.05, 3.63) is 35.9 Å². The van der Waals surface area contributed by atoms with Crippen LogP contribution in [0.4, 0.5) is 14.5 Å². The molecule has 1 N–H and O–H groups in total. The van der Waals surface area contributed by atoms with Crippen LogP contribution in [-0.2, 0) is 20.0 Å². The number of carbonyl (C=O) groups excluding carboxylic acids is 1. The first-order valence-electron chi connectivity index (χ1n) is 13.4. The lowest BCUT2D eigenvalue weighted by atomic mass is 9.74. The zero-order valence-corrected chi connectivity index (χ0v) is 23.3. The van der Waals surface area contributed by atoms with Gasteiger partial charge in [0.15, 0.2) is 15.7 Å². The van der Waals surface area contributed by atoms with E-state index in [9.17, 15) is 27.3 Å². The van der Waals surface area contributed by atoms with Gasteiger partial charge in [0.25, 0.3) is 0 Å². The smallest absolute Gasteiger partial charge is 0.249 e. The molecule has 2 aliphatic carbocycles. The van der Waals surface area contributed by atoms with Crippen molar-refractivity contribution in [3.63, 3.8) is 0 Å². The van der Waals surface area contributed by atoms with Crippen LogP contribution in [0.1, 0.15) is 70.4 Å². The highest BCUT2D eigenvalue weighted by Gasteiger charge is 2.51. The Morgan fingerprint density at radius 1 is 1.18 bits per heavy atom. The number of halogens is 2. The van der Waals surface area contributed by atoms with Gasteiger partial charge in [-0.05, 0) is 25.3 Å². The van der Waals surface area contributed by atoms with Crippen molar-refractivity contribution in [1.29, 1.82) is 5.26 Å². The molecular formula is C28H34F2N4O4S. The Balaban J connectivity index is 1.58. The second-order valence-electron chi connectivity index (χ2n) is 12.1. The standard InChI is InChI=1S/C28H34F2N4O4S/c1-26(2,3)25-32-22(19-6-4-5-7-21(19)34-12-14-39(36,37)15-13-34)23(38-25)18-8-9-28(29,30)16-20(18)24(35)33-27(17-31)10-11-27/h4-7,18,20H,8-16H2,1-3H3,(H,33,35)/t18-,20-/m1/s1. The first-order valence-corrected chi connectivity index (χ1v) is 15.2. The Bertz CT molecular complexity index is 1410. The topological polar surface area (TPSA) is 116 Å². The zero-order chi connectivity index (χ0) is 28.2. The molecule has 0 unspecified atom stereocenters. The maximum absolute atomic E-state index is 14.7. The Morgan fingerprint density at radius 3 is 2.46 bits per heavy atom. The van der Waals surface area contributed by atoms with E-state index in [1.54, 1.807) is 0 Å². The molecule has 39 heavy (non-hydrogen) atoms. The minimum atomic E-state index is -3.10. The van der Waals surface area contributed by atoms with Crippen LogP contribution in [-0.4, -0.2) is 55.4 Å². The quantitative estimate of drug-likeness (QED) is 0.570. The third kappa shape index (κ3) is 5.67. The van der Waals surface area contributed by atoms with Gasteiger partial charge in [-0.15, -0.1) is 0 Å². The predicted octanol–water partition coefficient (Wildman–Crippen LogP) is 4.57. The number of nitrogens with one attached hydrogen (secondary N) is 1. The minimum absolute atomic E-state index is 0.0283. The molecule has 2 aromatic rings. The summed E-state index contributed by atoms with van der Waals surface area (Å²) in [4.78, 5) is 20.2. The number of anilines is 1. The van der Waals surface area contributed by atoms with E-state index in [4.69, 9.17) is 9.40 Å². The van der Waals surface area contributed by atoms with E-state index in [-0.39, 0.29) is 24.3 Å². The molecule has 1 aromatic carbocycles. The van der Waals surface area contributed by atoms with Gasteiger partial charge in [-0.25, -0.2) is 22.2 Å². The monoisotopic (exact) mass is 560 g/mol. The van der Waals surface area contributed by atoms with Crippen molar-refractivity contribution in [2.24, 2.45) is 5.92 Å². The van der Waals surface area contributed by atoms with Crippen LogP contribution in [0.5, 0.6) is 0 Å². The average Bonchev–Trinajstić information content (AvgIpc) is 3.49. The lowest BCUT2D eigenvalue weighted by Crippen LogP contribution is -2.45. The number of benzene rings is 1. The molecule has 2 atom stereocenters. The molecule has 210 valence electrons. The summed E-state index contributed by atoms with van der Waals surface area (Å²) in [7, 11) is -3.10. The van der Waals surface area contributed by atoms with E-state index in [1.165, 1.54) is 0 Å². The van der Waals surface area contributed by atoms with Crippen LogP contribution in [0.2, 0.25) is 0 Å². The normalized spacial score (nSPS) is 25.5. The first-order chi connectivity index (χ1) is 18.2. The molecule has 0 radical (unpaired) electrons. The van der Waals surface area contributed by atoms with Crippen LogP contribution in [0.25, 0.3) is 11.3 Å². The lowest BCUT2D eigenvalue weighted by molar-refractivity contribution is -0.134. The van der Waals surface area contributed by atoms with E-state index in [0.29, 0.717) is 48.8 Å². The summed E-state index contributed by atoms with van der Waals surface area (Å²) in [5.41, 5.74) is 0.509. The molecule has 3 aliphatic rings. The maximum Gasteiger partial charge on any atom is 0.249 e. The molecule has 8 nitrogen and oxygen atoms in total. The third-order valence-electron chi connectivity index (χ3n) is 7.96. The van der Waals surface area contributed by atoms with Gasteiger partial charge in [0.1, 0.15) is 17.0 Å². The number of rotatable bonds is 5. The molecule has 0 spiro atoms. The van der Waals surface area contributed by atoms with Gasteiger partial charge in [0, 0.05) is 48.5 Å². The van der Waals surface area contributed by atoms with E-state index < -0.39 is 50.9 Å². The van der Waals surface area contributed by atoms with Gasteiger partial charge in [-0.1, -0.05) is 39.0 Å². The highest BCUT2D eigenvalue weighted by Crippen LogP contribution is 2.49. The molecule has 1 amide bonds. The highest BCUT2D eigenvalue weighted by atomic mass is 32.2. The number of nitrogens with zero attached hydrogens (tertiary/aromatic N) is 3. The Morgan fingerprint density at radius 2 is 1.85 bits per heavy atom.